The summed E-state index contributed by atoms with van der Waals surface area (Å²) in [6.45, 7) is 3.52. The van der Waals surface area contributed by atoms with E-state index in [0.29, 0.717) is 12.1 Å². The number of carbonyl (C=O) groups is 1. The molecule has 1 aliphatic rings. The van der Waals surface area contributed by atoms with Crippen molar-refractivity contribution in [3.63, 3.8) is 0 Å². The van der Waals surface area contributed by atoms with Crippen LogP contribution in [0.25, 0.3) is 0 Å². The molecule has 0 atom stereocenters. The van der Waals surface area contributed by atoms with Gasteiger partial charge in [0.15, 0.2) is 0 Å². The average Bonchev–Trinajstić information content (AvgIpc) is 2.47. The Kier molecular flexibility index (Phi) is 5.70. The number of carboxylic acids is 1. The molecule has 0 aliphatic carbocycles. The van der Waals surface area contributed by atoms with Crippen molar-refractivity contribution < 1.29 is 14.3 Å². The molecule has 0 unspecified atom stereocenters. The zero-order chi connectivity index (χ0) is 15.2. The minimum absolute atomic E-state index is 0.128. The smallest absolute Gasteiger partial charge is 0.335 e. The summed E-state index contributed by atoms with van der Waals surface area (Å²) >= 11 is 0. The highest BCUT2D eigenvalue weighted by molar-refractivity contribution is 5.87. The Labute approximate surface area is 125 Å². The Morgan fingerprint density at radius 2 is 2.14 bits per heavy atom. The first-order chi connectivity index (χ1) is 10.1. The monoisotopic (exact) mass is 294 g/mol. The van der Waals surface area contributed by atoms with E-state index in [9.17, 15) is 9.18 Å². The van der Waals surface area contributed by atoms with Gasteiger partial charge in [-0.1, -0.05) is 0 Å². The molecule has 0 spiro atoms. The lowest BCUT2D eigenvalue weighted by atomic mass is 9.94. The first kappa shape index (κ1) is 15.9. The van der Waals surface area contributed by atoms with Crippen LogP contribution >= 0.6 is 0 Å². The number of nitrogens with one attached hydrogen (secondary N) is 1. The molecule has 1 aromatic rings. The van der Waals surface area contributed by atoms with Crippen molar-refractivity contribution in [2.24, 2.45) is 5.92 Å². The fourth-order valence-electron chi connectivity index (χ4n) is 2.72. The molecule has 1 saturated heterocycles. The van der Waals surface area contributed by atoms with Gasteiger partial charge in [-0.3, -0.25) is 0 Å². The van der Waals surface area contributed by atoms with Crippen molar-refractivity contribution in [2.45, 2.75) is 25.8 Å². The quantitative estimate of drug-likeness (QED) is 0.791. The number of nitrogens with zero attached hydrogens (tertiary/aromatic N) is 1. The fraction of sp³-hybridized carbons (Fsp3) is 0.562. The van der Waals surface area contributed by atoms with Gasteiger partial charge in [-0.25, -0.2) is 9.18 Å². The number of benzene rings is 1. The van der Waals surface area contributed by atoms with Gasteiger partial charge in [0.2, 0.25) is 0 Å². The second-order valence-corrected chi connectivity index (χ2v) is 5.82. The fourth-order valence-corrected chi connectivity index (χ4v) is 2.72. The molecule has 0 radical (unpaired) electrons. The summed E-state index contributed by atoms with van der Waals surface area (Å²) in [4.78, 5) is 13.2. The highest BCUT2D eigenvalue weighted by Crippen LogP contribution is 2.19. The van der Waals surface area contributed by atoms with E-state index < -0.39 is 5.97 Å². The van der Waals surface area contributed by atoms with Crippen LogP contribution in [-0.4, -0.2) is 42.7 Å². The van der Waals surface area contributed by atoms with Crippen LogP contribution in [0.5, 0.6) is 0 Å². The van der Waals surface area contributed by atoms with Crippen LogP contribution < -0.4 is 5.32 Å². The van der Waals surface area contributed by atoms with Crippen LogP contribution in [0.2, 0.25) is 0 Å². The first-order valence-electron chi connectivity index (χ1n) is 7.47. The van der Waals surface area contributed by atoms with E-state index in [4.69, 9.17) is 5.11 Å². The highest BCUT2D eigenvalue weighted by Gasteiger charge is 2.16. The molecule has 5 heteroatoms. The van der Waals surface area contributed by atoms with Crippen molar-refractivity contribution in [1.29, 1.82) is 0 Å². The Hall–Kier alpha value is -1.46. The van der Waals surface area contributed by atoms with Gasteiger partial charge in [0, 0.05) is 12.1 Å². The molecule has 0 aromatic heterocycles. The number of rotatable bonds is 6. The van der Waals surface area contributed by atoms with Gasteiger partial charge in [0.25, 0.3) is 0 Å². The van der Waals surface area contributed by atoms with Crippen LogP contribution in [0.4, 0.5) is 4.39 Å². The Balaban J connectivity index is 1.75. The van der Waals surface area contributed by atoms with Gasteiger partial charge in [-0.05, 0) is 70.1 Å². The van der Waals surface area contributed by atoms with Crippen molar-refractivity contribution >= 4 is 5.97 Å². The second kappa shape index (κ2) is 7.52. The molecule has 1 fully saturated rings. The number of aromatic carboxylic acids is 1. The number of halogens is 1. The minimum Gasteiger partial charge on any atom is -0.478 e. The third-order valence-electron chi connectivity index (χ3n) is 4.18. The summed E-state index contributed by atoms with van der Waals surface area (Å²) in [5.41, 5.74) is 0.543. The van der Waals surface area contributed by atoms with Gasteiger partial charge in [-0.2, -0.15) is 0 Å². The van der Waals surface area contributed by atoms with Gasteiger partial charge < -0.3 is 15.3 Å². The molecule has 116 valence electrons. The van der Waals surface area contributed by atoms with Gasteiger partial charge in [-0.15, -0.1) is 0 Å². The van der Waals surface area contributed by atoms with E-state index in [0.717, 1.165) is 32.0 Å². The second-order valence-electron chi connectivity index (χ2n) is 5.82. The number of likely N-dealkylation sites (tertiary alicyclic amines) is 1. The summed E-state index contributed by atoms with van der Waals surface area (Å²) in [7, 11) is 2.15. The van der Waals surface area contributed by atoms with Gasteiger partial charge in [0.1, 0.15) is 5.82 Å². The SMILES string of the molecule is CN1CCC(CCNCc2cc(C(=O)O)ccc2F)CC1. The number of hydrogen-bond acceptors (Lipinski definition) is 3. The Morgan fingerprint density at radius 1 is 1.43 bits per heavy atom. The Morgan fingerprint density at radius 3 is 2.81 bits per heavy atom. The molecule has 1 aromatic carbocycles. The third-order valence-corrected chi connectivity index (χ3v) is 4.18. The molecule has 0 bridgehead atoms. The van der Waals surface area contributed by atoms with E-state index in [-0.39, 0.29) is 11.4 Å². The zero-order valence-electron chi connectivity index (χ0n) is 12.4. The van der Waals surface area contributed by atoms with E-state index in [2.05, 4.69) is 17.3 Å². The van der Waals surface area contributed by atoms with Crippen molar-refractivity contribution in [3.8, 4) is 0 Å². The van der Waals surface area contributed by atoms with Crippen LogP contribution in [0.1, 0.15) is 35.2 Å². The van der Waals surface area contributed by atoms with E-state index in [1.54, 1.807) is 0 Å². The predicted octanol–water partition coefficient (Wildman–Crippen LogP) is 2.35. The van der Waals surface area contributed by atoms with Crippen molar-refractivity contribution in [3.05, 3.63) is 35.1 Å². The van der Waals surface area contributed by atoms with Crippen LogP contribution in [-0.2, 0) is 6.54 Å². The molecular formula is C16H23FN2O2. The lowest BCUT2D eigenvalue weighted by Crippen LogP contribution is -2.31. The van der Waals surface area contributed by atoms with Crippen molar-refractivity contribution in [1.82, 2.24) is 10.2 Å². The molecule has 4 nitrogen and oxygen atoms in total. The molecular weight excluding hydrogens is 271 g/mol. The first-order valence-corrected chi connectivity index (χ1v) is 7.47. The topological polar surface area (TPSA) is 52.6 Å². The molecule has 21 heavy (non-hydrogen) atoms. The van der Waals surface area contributed by atoms with Gasteiger partial charge >= 0.3 is 5.97 Å². The van der Waals surface area contributed by atoms with Crippen molar-refractivity contribution in [2.75, 3.05) is 26.7 Å². The lowest BCUT2D eigenvalue weighted by Gasteiger charge is -2.28. The standard InChI is InChI=1S/C16H23FN2O2/c1-19-8-5-12(6-9-19)4-7-18-11-14-10-13(16(20)21)2-3-15(14)17/h2-3,10,12,18H,4-9,11H2,1H3,(H,20,21). The summed E-state index contributed by atoms with van der Waals surface area (Å²) < 4.78 is 13.6. The van der Waals surface area contributed by atoms with E-state index >= 15 is 0 Å². The highest BCUT2D eigenvalue weighted by atomic mass is 19.1. The largest absolute Gasteiger partial charge is 0.478 e. The molecule has 2 N–H and O–H groups in total. The summed E-state index contributed by atoms with van der Waals surface area (Å²) in [5, 5.41) is 12.1. The normalized spacial score (nSPS) is 17.0. The number of carboxylic acid groups (broad SMARTS) is 1. The molecule has 2 rings (SSSR count). The zero-order valence-corrected chi connectivity index (χ0v) is 12.4. The Bertz CT molecular complexity index is 485. The molecule has 1 heterocycles. The summed E-state index contributed by atoms with van der Waals surface area (Å²) in [6.07, 6.45) is 3.54. The predicted molar refractivity (Wildman–Crippen MR) is 79.9 cm³/mol. The van der Waals surface area contributed by atoms with Crippen LogP contribution in [0.15, 0.2) is 18.2 Å². The maximum Gasteiger partial charge on any atom is 0.335 e. The molecule has 1 aliphatic heterocycles. The number of hydrogen-bond donors (Lipinski definition) is 2. The minimum atomic E-state index is -1.03. The third kappa shape index (κ3) is 4.79. The average molecular weight is 294 g/mol. The molecule has 0 amide bonds. The maximum absolute atomic E-state index is 13.6. The van der Waals surface area contributed by atoms with Crippen LogP contribution in [0, 0.1) is 11.7 Å². The van der Waals surface area contributed by atoms with Crippen LogP contribution in [0.3, 0.4) is 0 Å². The maximum atomic E-state index is 13.6. The summed E-state index contributed by atoms with van der Waals surface area (Å²) in [5.74, 6) is -0.640. The summed E-state index contributed by atoms with van der Waals surface area (Å²) in [6, 6.07) is 3.91. The lowest BCUT2D eigenvalue weighted by molar-refractivity contribution is 0.0696. The van der Waals surface area contributed by atoms with E-state index in [1.165, 1.54) is 31.0 Å². The van der Waals surface area contributed by atoms with Gasteiger partial charge in [0.05, 0.1) is 5.56 Å². The van der Waals surface area contributed by atoms with E-state index in [1.807, 2.05) is 0 Å². The number of piperidine rings is 1. The molecule has 0 saturated carbocycles.